The van der Waals surface area contributed by atoms with E-state index < -0.39 is 0 Å². The van der Waals surface area contributed by atoms with E-state index in [1.54, 1.807) is 5.56 Å². The van der Waals surface area contributed by atoms with Crippen LogP contribution in [-0.4, -0.2) is 0 Å². The van der Waals surface area contributed by atoms with E-state index in [-0.39, 0.29) is 16.5 Å². The molecule has 0 radical (unpaired) electrons. The Morgan fingerprint density at radius 3 is 2.15 bits per heavy atom. The molecule has 5 rings (SSSR count). The van der Waals surface area contributed by atoms with Crippen LogP contribution >= 0.6 is 0 Å². The van der Waals surface area contributed by atoms with Gasteiger partial charge in [-0.2, -0.15) is 0 Å². The fraction of sp³-hybridized carbons (Fsp3) is 0.438. The summed E-state index contributed by atoms with van der Waals surface area (Å²) in [7, 11) is 0. The molecule has 2 heterocycles. The van der Waals surface area contributed by atoms with Crippen molar-refractivity contribution in [2.24, 2.45) is 5.92 Å². The summed E-state index contributed by atoms with van der Waals surface area (Å²) in [5, 5.41) is 2.69. The van der Waals surface area contributed by atoms with Gasteiger partial charge in [-0.15, -0.1) is 0 Å². The van der Waals surface area contributed by atoms with Gasteiger partial charge in [0.25, 0.3) is 0 Å². The van der Waals surface area contributed by atoms with Crippen LogP contribution in [0.5, 0.6) is 0 Å². The van der Waals surface area contributed by atoms with Crippen LogP contribution in [0.25, 0.3) is 0 Å². The largest absolute Gasteiger partial charge is 0.326 e. The standard InChI is InChI=1S/C32H39N/c1-30(2,3)26-20-17-23(18-21-26)14-15-24-16-19-25-10-6-7-11-27(25)32(5)29-13-9-8-12-28(29)31(4,22-24)33-32/h6-13,17-18,20-21,24,33H,14-16,19,22H2,1-5H3/p+1. The average Bonchev–Trinajstić information content (AvgIpc) is 3.05. The van der Waals surface area contributed by atoms with Gasteiger partial charge in [0.1, 0.15) is 11.1 Å². The molecule has 2 aliphatic heterocycles. The molecule has 172 valence electrons. The molecule has 33 heavy (non-hydrogen) atoms. The molecule has 0 amide bonds. The van der Waals surface area contributed by atoms with Crippen molar-refractivity contribution in [2.45, 2.75) is 83.2 Å². The van der Waals surface area contributed by atoms with Gasteiger partial charge < -0.3 is 5.32 Å². The van der Waals surface area contributed by atoms with E-state index in [0.717, 1.165) is 5.92 Å². The van der Waals surface area contributed by atoms with Crippen molar-refractivity contribution in [3.05, 3.63) is 106 Å². The normalized spacial score (nSPS) is 26.6. The predicted octanol–water partition coefficient (Wildman–Crippen LogP) is 6.63. The number of benzene rings is 3. The molecule has 0 saturated heterocycles. The molecule has 3 aromatic carbocycles. The molecular weight excluding hydrogens is 398 g/mol. The van der Waals surface area contributed by atoms with Gasteiger partial charge in [0.2, 0.25) is 0 Å². The number of rotatable bonds is 3. The first-order chi connectivity index (χ1) is 15.7. The Morgan fingerprint density at radius 2 is 1.45 bits per heavy atom. The number of aryl methyl sites for hydroxylation is 2. The zero-order valence-electron chi connectivity index (χ0n) is 21.1. The van der Waals surface area contributed by atoms with E-state index in [2.05, 4.69) is 113 Å². The quantitative estimate of drug-likeness (QED) is 0.473. The lowest BCUT2D eigenvalue weighted by atomic mass is 9.76. The number of nitrogens with two attached hydrogens (primary N) is 1. The second kappa shape index (κ2) is 8.13. The Balaban J connectivity index is 1.44. The van der Waals surface area contributed by atoms with Gasteiger partial charge in [-0.1, -0.05) is 93.6 Å². The van der Waals surface area contributed by atoms with E-state index in [4.69, 9.17) is 0 Å². The minimum atomic E-state index is -0.000383. The maximum Gasteiger partial charge on any atom is 0.146 e. The topological polar surface area (TPSA) is 16.6 Å². The molecular formula is C32H40N+. The zero-order chi connectivity index (χ0) is 23.3. The number of hydrogen-bond acceptors (Lipinski definition) is 0. The summed E-state index contributed by atoms with van der Waals surface area (Å²) in [5.41, 5.74) is 9.36. The van der Waals surface area contributed by atoms with Crippen LogP contribution < -0.4 is 5.32 Å². The van der Waals surface area contributed by atoms with Crippen LogP contribution in [0.1, 0.15) is 87.3 Å². The summed E-state index contributed by atoms with van der Waals surface area (Å²) < 4.78 is 0. The minimum absolute atomic E-state index is 0.000383. The molecule has 0 saturated carbocycles. The summed E-state index contributed by atoms with van der Waals surface area (Å²) in [6.45, 7) is 11.8. The highest BCUT2D eigenvalue weighted by atomic mass is 15.1. The summed E-state index contributed by atoms with van der Waals surface area (Å²) in [6.07, 6.45) is 6.14. The second-order valence-electron chi connectivity index (χ2n) is 12.1. The van der Waals surface area contributed by atoms with Gasteiger partial charge >= 0.3 is 0 Å². The van der Waals surface area contributed by atoms with Gasteiger partial charge in [-0.25, -0.2) is 0 Å². The van der Waals surface area contributed by atoms with Crippen LogP contribution in [0.4, 0.5) is 0 Å². The summed E-state index contributed by atoms with van der Waals surface area (Å²) in [5.74, 6) is 0.718. The first-order valence-electron chi connectivity index (χ1n) is 12.8. The minimum Gasteiger partial charge on any atom is -0.326 e. The molecule has 1 nitrogen and oxygen atoms in total. The fourth-order valence-corrected chi connectivity index (χ4v) is 6.71. The smallest absolute Gasteiger partial charge is 0.146 e. The van der Waals surface area contributed by atoms with E-state index in [0.29, 0.717) is 0 Å². The Morgan fingerprint density at radius 1 is 0.818 bits per heavy atom. The molecule has 2 aliphatic rings. The summed E-state index contributed by atoms with van der Waals surface area (Å²) >= 11 is 0. The summed E-state index contributed by atoms with van der Waals surface area (Å²) in [4.78, 5) is 0. The van der Waals surface area contributed by atoms with Crippen molar-refractivity contribution < 1.29 is 5.32 Å². The van der Waals surface area contributed by atoms with E-state index in [9.17, 15) is 0 Å². The molecule has 2 N–H and O–H groups in total. The van der Waals surface area contributed by atoms with E-state index in [1.807, 2.05) is 0 Å². The summed E-state index contributed by atoms with van der Waals surface area (Å²) in [6, 6.07) is 27.8. The van der Waals surface area contributed by atoms with Crippen LogP contribution in [0.15, 0.2) is 72.8 Å². The monoisotopic (exact) mass is 438 g/mol. The van der Waals surface area contributed by atoms with Crippen molar-refractivity contribution in [2.75, 3.05) is 0 Å². The van der Waals surface area contributed by atoms with E-state index in [1.165, 1.54) is 59.9 Å². The van der Waals surface area contributed by atoms with Crippen molar-refractivity contribution in [3.63, 3.8) is 0 Å². The third kappa shape index (κ3) is 4.06. The molecule has 0 spiro atoms. The van der Waals surface area contributed by atoms with Crippen molar-refractivity contribution >= 4 is 0 Å². The number of quaternary nitrogens is 1. The van der Waals surface area contributed by atoms with Gasteiger partial charge in [-0.05, 0) is 67.6 Å². The maximum atomic E-state index is 2.69. The van der Waals surface area contributed by atoms with Gasteiger partial charge in [0.05, 0.1) is 0 Å². The maximum absolute atomic E-state index is 2.69. The zero-order valence-corrected chi connectivity index (χ0v) is 21.1. The van der Waals surface area contributed by atoms with Crippen molar-refractivity contribution in [3.8, 4) is 0 Å². The van der Waals surface area contributed by atoms with Gasteiger partial charge in [-0.3, -0.25) is 0 Å². The second-order valence-corrected chi connectivity index (χ2v) is 12.1. The predicted molar refractivity (Wildman–Crippen MR) is 139 cm³/mol. The van der Waals surface area contributed by atoms with Crippen molar-refractivity contribution in [1.82, 2.24) is 0 Å². The Labute approximate surface area is 200 Å². The Kier molecular flexibility index (Phi) is 5.52. The highest BCUT2D eigenvalue weighted by Crippen LogP contribution is 2.44. The first-order valence-corrected chi connectivity index (χ1v) is 12.8. The third-order valence-electron chi connectivity index (χ3n) is 8.48. The highest BCUT2D eigenvalue weighted by molar-refractivity contribution is 5.48. The SMILES string of the molecule is CC(C)(C)c1ccc(CCC2CCc3ccccc3C3(C)[NH2+]C(C)(C2)c2ccccc23)cc1. The lowest BCUT2D eigenvalue weighted by Gasteiger charge is -2.31. The molecule has 3 aromatic rings. The lowest BCUT2D eigenvalue weighted by molar-refractivity contribution is -0.782. The molecule has 0 fully saturated rings. The first kappa shape index (κ1) is 22.4. The van der Waals surface area contributed by atoms with Crippen LogP contribution in [-0.2, 0) is 29.3 Å². The Hall–Kier alpha value is -2.38. The number of fused-ring (bicyclic) bond motifs is 7. The van der Waals surface area contributed by atoms with E-state index >= 15 is 0 Å². The average molecular weight is 439 g/mol. The fourth-order valence-electron chi connectivity index (χ4n) is 6.71. The molecule has 1 heteroatoms. The highest BCUT2D eigenvalue weighted by Gasteiger charge is 2.53. The van der Waals surface area contributed by atoms with Crippen LogP contribution in [0, 0.1) is 5.92 Å². The molecule has 0 aromatic heterocycles. The molecule has 3 unspecified atom stereocenters. The molecule has 3 atom stereocenters. The van der Waals surface area contributed by atoms with Gasteiger partial charge in [0.15, 0.2) is 0 Å². The van der Waals surface area contributed by atoms with Crippen LogP contribution in [0.3, 0.4) is 0 Å². The van der Waals surface area contributed by atoms with Crippen molar-refractivity contribution in [1.29, 1.82) is 0 Å². The van der Waals surface area contributed by atoms with Crippen LogP contribution in [0.2, 0.25) is 0 Å². The number of hydrogen-bond donors (Lipinski definition) is 1. The Bertz CT molecular complexity index is 1140. The third-order valence-corrected chi connectivity index (χ3v) is 8.48. The lowest BCUT2D eigenvalue weighted by Crippen LogP contribution is -2.99. The van der Waals surface area contributed by atoms with Gasteiger partial charge in [0, 0.05) is 23.1 Å². The molecule has 0 aliphatic carbocycles. The molecule has 2 bridgehead atoms.